The molecule has 6 heteroatoms. The van der Waals surface area contributed by atoms with Crippen LogP contribution in [0.5, 0.6) is 0 Å². The minimum Gasteiger partial charge on any atom is -0.395 e. The molecule has 1 aliphatic rings. The molecule has 1 aromatic heterocycles. The third kappa shape index (κ3) is 4.19. The van der Waals surface area contributed by atoms with Crippen LogP contribution >= 0.6 is 0 Å². The molecule has 0 saturated heterocycles. The molecular weight excluding hydrogens is 336 g/mol. The molecule has 1 atom stereocenters. The number of aliphatic hydroxyl groups is 1. The van der Waals surface area contributed by atoms with Gasteiger partial charge in [-0.2, -0.15) is 0 Å². The largest absolute Gasteiger partial charge is 0.395 e. The third-order valence-corrected chi connectivity index (χ3v) is 4.94. The predicted molar refractivity (Wildman–Crippen MR) is 97.9 cm³/mol. The number of nitrogens with zero attached hydrogens (tertiary/aromatic N) is 2. The molecule has 2 aromatic rings. The van der Waals surface area contributed by atoms with Crippen molar-refractivity contribution in [1.29, 1.82) is 0 Å². The van der Waals surface area contributed by atoms with Gasteiger partial charge in [0, 0.05) is 25.7 Å². The van der Waals surface area contributed by atoms with Crippen LogP contribution in [0.15, 0.2) is 30.3 Å². The van der Waals surface area contributed by atoms with E-state index in [0.717, 1.165) is 24.1 Å². The first-order valence-electron chi connectivity index (χ1n) is 9.00. The predicted octanol–water partition coefficient (Wildman–Crippen LogP) is 3.03. The van der Waals surface area contributed by atoms with Crippen molar-refractivity contribution >= 4 is 5.82 Å². The van der Waals surface area contributed by atoms with E-state index in [1.54, 1.807) is 12.1 Å². The lowest BCUT2D eigenvalue weighted by molar-refractivity contribution is 0.209. The van der Waals surface area contributed by atoms with Gasteiger partial charge in [-0.1, -0.05) is 19.9 Å². The van der Waals surface area contributed by atoms with Gasteiger partial charge >= 0.3 is 0 Å². The minimum atomic E-state index is -0.370. The molecule has 1 aliphatic heterocycles. The summed E-state index contributed by atoms with van der Waals surface area (Å²) in [6, 6.07) is 7.85. The smallest absolute Gasteiger partial charge is 0.146 e. The van der Waals surface area contributed by atoms with Crippen molar-refractivity contribution in [2.75, 3.05) is 18.1 Å². The number of pyridine rings is 1. The van der Waals surface area contributed by atoms with Crippen LogP contribution in [0.3, 0.4) is 0 Å². The van der Waals surface area contributed by atoms with Crippen molar-refractivity contribution < 1.29 is 13.9 Å². The molecule has 4 nitrogen and oxygen atoms in total. The second-order valence-electron chi connectivity index (χ2n) is 7.10. The van der Waals surface area contributed by atoms with Crippen LogP contribution in [0.1, 0.15) is 30.7 Å². The lowest BCUT2D eigenvalue weighted by atomic mass is 9.99. The van der Waals surface area contributed by atoms with Gasteiger partial charge in [-0.15, -0.1) is 0 Å². The molecule has 2 heterocycles. The number of hydrogen-bond acceptors (Lipinski definition) is 4. The highest BCUT2D eigenvalue weighted by Gasteiger charge is 2.20. The van der Waals surface area contributed by atoms with E-state index in [0.29, 0.717) is 18.1 Å². The number of rotatable bonds is 6. The molecule has 140 valence electrons. The average Bonchev–Trinajstić information content (AvgIpc) is 2.62. The second-order valence-corrected chi connectivity index (χ2v) is 7.10. The summed E-state index contributed by atoms with van der Waals surface area (Å²) in [5.41, 5.74) is 2.42. The van der Waals surface area contributed by atoms with Crippen LogP contribution in [0.2, 0.25) is 0 Å². The van der Waals surface area contributed by atoms with Crippen molar-refractivity contribution in [1.82, 2.24) is 10.3 Å². The Morgan fingerprint density at radius 3 is 2.73 bits per heavy atom. The van der Waals surface area contributed by atoms with Gasteiger partial charge in [0.2, 0.25) is 0 Å². The Hall–Kier alpha value is -2.05. The van der Waals surface area contributed by atoms with Gasteiger partial charge in [0.05, 0.1) is 12.3 Å². The summed E-state index contributed by atoms with van der Waals surface area (Å²) >= 11 is 0. The van der Waals surface area contributed by atoms with Crippen LogP contribution in [0, 0.1) is 17.6 Å². The number of benzene rings is 1. The Balaban J connectivity index is 1.75. The zero-order chi connectivity index (χ0) is 18.7. The van der Waals surface area contributed by atoms with E-state index in [4.69, 9.17) is 0 Å². The molecule has 0 amide bonds. The fraction of sp³-hybridized carbons (Fsp3) is 0.450. The molecule has 0 aliphatic carbocycles. The molecule has 0 unspecified atom stereocenters. The number of anilines is 1. The molecule has 3 rings (SSSR count). The summed E-state index contributed by atoms with van der Waals surface area (Å²) in [6.07, 6.45) is 0.808. The monoisotopic (exact) mass is 361 g/mol. The third-order valence-electron chi connectivity index (χ3n) is 4.94. The molecule has 0 fully saturated rings. The number of fused-ring (bicyclic) bond motifs is 1. The quantitative estimate of drug-likeness (QED) is 0.830. The van der Waals surface area contributed by atoms with Crippen LogP contribution in [-0.4, -0.2) is 29.3 Å². The fourth-order valence-corrected chi connectivity index (χ4v) is 3.23. The molecule has 0 spiro atoms. The normalized spacial score (nSPS) is 15.2. The van der Waals surface area contributed by atoms with E-state index in [9.17, 15) is 13.9 Å². The van der Waals surface area contributed by atoms with Crippen LogP contribution < -0.4 is 10.2 Å². The number of nitrogens with one attached hydrogen (secondary N) is 1. The van der Waals surface area contributed by atoms with E-state index in [-0.39, 0.29) is 36.7 Å². The van der Waals surface area contributed by atoms with E-state index in [1.807, 2.05) is 24.8 Å². The first kappa shape index (κ1) is 18.7. The molecule has 2 N–H and O–H groups in total. The standard InChI is InChI=1S/C20H25F2N3O/c1-13(2)19(12-26)23-10-18-17(22)5-6-20(24-18)25-8-7-14-3-4-16(21)9-15(14)11-25/h3-6,9,13,19,23,26H,7-8,10-12H2,1-2H3/t19-/m0/s1. The van der Waals surface area contributed by atoms with Crippen LogP contribution in [0.25, 0.3) is 0 Å². The zero-order valence-corrected chi connectivity index (χ0v) is 15.2. The van der Waals surface area contributed by atoms with Crippen LogP contribution in [-0.2, 0) is 19.5 Å². The molecule has 0 radical (unpaired) electrons. The van der Waals surface area contributed by atoms with Crippen molar-refractivity contribution in [3.8, 4) is 0 Å². The summed E-state index contributed by atoms with van der Waals surface area (Å²) in [4.78, 5) is 6.51. The van der Waals surface area contributed by atoms with Gasteiger partial charge < -0.3 is 15.3 Å². The fourth-order valence-electron chi connectivity index (χ4n) is 3.23. The van der Waals surface area contributed by atoms with E-state index >= 15 is 0 Å². The maximum atomic E-state index is 14.2. The minimum absolute atomic E-state index is 0.00650. The van der Waals surface area contributed by atoms with Crippen molar-refractivity contribution in [3.63, 3.8) is 0 Å². The lowest BCUT2D eigenvalue weighted by Gasteiger charge is -2.30. The van der Waals surface area contributed by atoms with Gasteiger partial charge in [0.1, 0.15) is 17.5 Å². The van der Waals surface area contributed by atoms with Gasteiger partial charge in [0.15, 0.2) is 0 Å². The Bertz CT molecular complexity index is 767. The topological polar surface area (TPSA) is 48.4 Å². The SMILES string of the molecule is CC(C)[C@H](CO)NCc1nc(N2CCc3ccc(F)cc3C2)ccc1F. The van der Waals surface area contributed by atoms with Crippen LogP contribution in [0.4, 0.5) is 14.6 Å². The zero-order valence-electron chi connectivity index (χ0n) is 15.2. The van der Waals surface area contributed by atoms with E-state index in [1.165, 1.54) is 12.1 Å². The van der Waals surface area contributed by atoms with Crippen molar-refractivity contribution in [2.24, 2.45) is 5.92 Å². The maximum Gasteiger partial charge on any atom is 0.146 e. The van der Waals surface area contributed by atoms with E-state index in [2.05, 4.69) is 10.3 Å². The Labute approximate surface area is 152 Å². The molecule has 26 heavy (non-hydrogen) atoms. The summed E-state index contributed by atoms with van der Waals surface area (Å²) in [5, 5.41) is 12.6. The lowest BCUT2D eigenvalue weighted by Crippen LogP contribution is -2.37. The highest BCUT2D eigenvalue weighted by atomic mass is 19.1. The number of halogens is 2. The molecule has 1 aromatic carbocycles. The Morgan fingerprint density at radius 2 is 2.00 bits per heavy atom. The summed E-state index contributed by atoms with van der Waals surface area (Å²) < 4.78 is 27.7. The highest BCUT2D eigenvalue weighted by Crippen LogP contribution is 2.24. The van der Waals surface area contributed by atoms with Gasteiger partial charge in [-0.05, 0) is 47.7 Å². The number of hydrogen-bond donors (Lipinski definition) is 2. The van der Waals surface area contributed by atoms with E-state index < -0.39 is 0 Å². The highest BCUT2D eigenvalue weighted by molar-refractivity contribution is 5.45. The van der Waals surface area contributed by atoms with Crippen molar-refractivity contribution in [2.45, 2.75) is 39.4 Å². The average molecular weight is 361 g/mol. The summed E-state index contributed by atoms with van der Waals surface area (Å²) in [7, 11) is 0. The molecule has 0 bridgehead atoms. The second kappa shape index (κ2) is 8.10. The summed E-state index contributed by atoms with van der Waals surface area (Å²) in [6.45, 7) is 5.56. The molecule has 0 saturated carbocycles. The summed E-state index contributed by atoms with van der Waals surface area (Å²) in [5.74, 6) is 0.305. The number of aromatic nitrogens is 1. The number of aliphatic hydroxyl groups excluding tert-OH is 1. The Morgan fingerprint density at radius 1 is 1.19 bits per heavy atom. The van der Waals surface area contributed by atoms with Gasteiger partial charge in [-0.25, -0.2) is 13.8 Å². The maximum absolute atomic E-state index is 14.2. The molecular formula is C20H25F2N3O. The van der Waals surface area contributed by atoms with Crippen molar-refractivity contribution in [3.05, 3.63) is 58.8 Å². The van der Waals surface area contributed by atoms with Gasteiger partial charge in [0.25, 0.3) is 0 Å². The van der Waals surface area contributed by atoms with Gasteiger partial charge in [-0.3, -0.25) is 0 Å². The first-order chi connectivity index (χ1) is 12.5. The Kier molecular flexibility index (Phi) is 5.84. The first-order valence-corrected chi connectivity index (χ1v) is 9.00.